The summed E-state index contributed by atoms with van der Waals surface area (Å²) in [4.78, 5) is 15.3. The SMILES string of the molecule is CN=C(NCCCn1cccn1)NCc1ccc(NC(=O)OC)cc1. The lowest BCUT2D eigenvalue weighted by molar-refractivity contribution is 0.187. The molecule has 0 unspecified atom stereocenters. The van der Waals surface area contributed by atoms with Crippen molar-refractivity contribution in [1.29, 1.82) is 0 Å². The van der Waals surface area contributed by atoms with Crippen LogP contribution in [0.3, 0.4) is 0 Å². The van der Waals surface area contributed by atoms with Crippen LogP contribution in [0.4, 0.5) is 10.5 Å². The van der Waals surface area contributed by atoms with Crippen molar-refractivity contribution >= 4 is 17.7 Å². The topological polar surface area (TPSA) is 92.6 Å². The van der Waals surface area contributed by atoms with E-state index in [1.165, 1.54) is 7.11 Å². The molecule has 2 aromatic rings. The van der Waals surface area contributed by atoms with Gasteiger partial charge >= 0.3 is 6.09 Å². The first kappa shape index (κ1) is 18.3. The van der Waals surface area contributed by atoms with Crippen molar-refractivity contribution in [3.05, 3.63) is 48.3 Å². The number of methoxy groups -OCH3 is 1. The molecule has 0 spiro atoms. The van der Waals surface area contributed by atoms with Crippen molar-refractivity contribution in [1.82, 2.24) is 20.4 Å². The Morgan fingerprint density at radius 2 is 2.08 bits per heavy atom. The van der Waals surface area contributed by atoms with E-state index < -0.39 is 6.09 Å². The van der Waals surface area contributed by atoms with Gasteiger partial charge in [0.25, 0.3) is 0 Å². The molecule has 1 aromatic carbocycles. The van der Waals surface area contributed by atoms with Gasteiger partial charge in [-0.1, -0.05) is 12.1 Å². The number of aliphatic imine (C=N–C) groups is 1. The van der Waals surface area contributed by atoms with Gasteiger partial charge in [0, 0.05) is 44.8 Å². The highest BCUT2D eigenvalue weighted by atomic mass is 16.5. The minimum atomic E-state index is -0.481. The van der Waals surface area contributed by atoms with E-state index >= 15 is 0 Å². The number of aryl methyl sites for hydroxylation is 1. The van der Waals surface area contributed by atoms with Crippen LogP contribution in [0.25, 0.3) is 0 Å². The Labute approximate surface area is 147 Å². The van der Waals surface area contributed by atoms with Gasteiger partial charge in [-0.3, -0.25) is 15.0 Å². The minimum absolute atomic E-state index is 0.481. The van der Waals surface area contributed by atoms with Crippen LogP contribution in [-0.4, -0.2) is 42.5 Å². The lowest BCUT2D eigenvalue weighted by Crippen LogP contribution is -2.37. The summed E-state index contributed by atoms with van der Waals surface area (Å²) in [6.07, 6.45) is 4.20. The molecule has 0 atom stereocenters. The second kappa shape index (κ2) is 9.96. The second-order valence-corrected chi connectivity index (χ2v) is 5.29. The maximum Gasteiger partial charge on any atom is 0.411 e. The number of rotatable bonds is 7. The molecule has 1 amide bonds. The van der Waals surface area contributed by atoms with E-state index in [4.69, 9.17) is 0 Å². The monoisotopic (exact) mass is 344 g/mol. The van der Waals surface area contributed by atoms with Crippen molar-refractivity contribution in [3.63, 3.8) is 0 Å². The molecule has 2 rings (SSSR count). The van der Waals surface area contributed by atoms with Gasteiger partial charge in [0.05, 0.1) is 7.11 Å². The van der Waals surface area contributed by atoms with Crippen LogP contribution in [0, 0.1) is 0 Å². The molecule has 8 heteroatoms. The largest absolute Gasteiger partial charge is 0.453 e. The molecular weight excluding hydrogens is 320 g/mol. The normalized spacial score (nSPS) is 11.0. The van der Waals surface area contributed by atoms with Crippen LogP contribution in [0.1, 0.15) is 12.0 Å². The fraction of sp³-hybridized carbons (Fsp3) is 0.353. The quantitative estimate of drug-likeness (QED) is 0.405. The van der Waals surface area contributed by atoms with Crippen molar-refractivity contribution in [2.45, 2.75) is 19.5 Å². The van der Waals surface area contributed by atoms with E-state index in [0.717, 1.165) is 31.0 Å². The molecular formula is C17H24N6O2. The maximum atomic E-state index is 11.1. The summed E-state index contributed by atoms with van der Waals surface area (Å²) in [5.74, 6) is 0.747. The number of aromatic nitrogens is 2. The lowest BCUT2D eigenvalue weighted by Gasteiger charge is -2.12. The molecule has 0 aliphatic heterocycles. The Bertz CT molecular complexity index is 667. The van der Waals surface area contributed by atoms with Crippen LogP contribution >= 0.6 is 0 Å². The summed E-state index contributed by atoms with van der Waals surface area (Å²) in [6, 6.07) is 9.44. The average Bonchev–Trinajstić information content (AvgIpc) is 3.15. The van der Waals surface area contributed by atoms with Gasteiger partial charge in [-0.2, -0.15) is 5.10 Å². The van der Waals surface area contributed by atoms with Crippen LogP contribution < -0.4 is 16.0 Å². The van der Waals surface area contributed by atoms with Crippen molar-refractivity contribution in [3.8, 4) is 0 Å². The summed E-state index contributed by atoms with van der Waals surface area (Å²) in [7, 11) is 3.08. The summed E-state index contributed by atoms with van der Waals surface area (Å²) in [5.41, 5.74) is 1.77. The lowest BCUT2D eigenvalue weighted by atomic mass is 10.2. The zero-order valence-electron chi connectivity index (χ0n) is 14.5. The predicted molar refractivity (Wildman–Crippen MR) is 97.5 cm³/mol. The molecule has 0 bridgehead atoms. The van der Waals surface area contributed by atoms with Crippen LogP contribution in [0.2, 0.25) is 0 Å². The molecule has 0 aliphatic rings. The van der Waals surface area contributed by atoms with Crippen LogP contribution in [0.5, 0.6) is 0 Å². The zero-order chi connectivity index (χ0) is 17.9. The van der Waals surface area contributed by atoms with Crippen molar-refractivity contribution in [2.24, 2.45) is 4.99 Å². The van der Waals surface area contributed by atoms with E-state index in [-0.39, 0.29) is 0 Å². The second-order valence-electron chi connectivity index (χ2n) is 5.29. The molecule has 134 valence electrons. The summed E-state index contributed by atoms with van der Waals surface area (Å²) >= 11 is 0. The van der Waals surface area contributed by atoms with E-state index in [1.807, 2.05) is 41.2 Å². The predicted octanol–water partition coefficient (Wildman–Crippen LogP) is 1.82. The number of carbonyl (C=O) groups excluding carboxylic acids is 1. The smallest absolute Gasteiger partial charge is 0.411 e. The van der Waals surface area contributed by atoms with Gasteiger partial charge < -0.3 is 15.4 Å². The molecule has 1 heterocycles. The Hall–Kier alpha value is -3.03. The third kappa shape index (κ3) is 6.54. The highest BCUT2D eigenvalue weighted by molar-refractivity contribution is 5.84. The number of nitrogens with one attached hydrogen (secondary N) is 3. The summed E-state index contributed by atoms with van der Waals surface area (Å²) < 4.78 is 6.46. The Kier molecular flexibility index (Phi) is 7.30. The molecule has 0 aliphatic carbocycles. The van der Waals surface area contributed by atoms with Gasteiger partial charge in [0.15, 0.2) is 5.96 Å². The Balaban J connectivity index is 1.70. The number of nitrogens with zero attached hydrogens (tertiary/aromatic N) is 3. The molecule has 1 aromatic heterocycles. The first-order chi connectivity index (χ1) is 12.2. The number of carbonyl (C=O) groups is 1. The van der Waals surface area contributed by atoms with E-state index in [9.17, 15) is 4.79 Å². The number of benzene rings is 1. The van der Waals surface area contributed by atoms with Gasteiger partial charge in [-0.15, -0.1) is 0 Å². The summed E-state index contributed by atoms with van der Waals surface area (Å²) in [6.45, 7) is 2.31. The number of hydrogen-bond donors (Lipinski definition) is 3. The van der Waals surface area contributed by atoms with Crippen LogP contribution in [0.15, 0.2) is 47.7 Å². The highest BCUT2D eigenvalue weighted by Gasteiger charge is 2.02. The molecule has 0 saturated carbocycles. The maximum absolute atomic E-state index is 11.1. The molecule has 8 nitrogen and oxygen atoms in total. The number of ether oxygens (including phenoxy) is 1. The fourth-order valence-electron chi connectivity index (χ4n) is 2.16. The molecule has 25 heavy (non-hydrogen) atoms. The number of amides is 1. The summed E-state index contributed by atoms with van der Waals surface area (Å²) in [5, 5.41) is 13.3. The third-order valence-corrected chi connectivity index (χ3v) is 3.48. The van der Waals surface area contributed by atoms with Crippen molar-refractivity contribution in [2.75, 3.05) is 26.0 Å². The van der Waals surface area contributed by atoms with Gasteiger partial charge in [-0.25, -0.2) is 4.79 Å². The first-order valence-corrected chi connectivity index (χ1v) is 8.07. The molecule has 0 fully saturated rings. The zero-order valence-corrected chi connectivity index (χ0v) is 14.5. The van der Waals surface area contributed by atoms with Gasteiger partial charge in [-0.05, 0) is 30.2 Å². The number of guanidine groups is 1. The number of hydrogen-bond acceptors (Lipinski definition) is 4. The molecule has 3 N–H and O–H groups in total. The highest BCUT2D eigenvalue weighted by Crippen LogP contribution is 2.09. The van der Waals surface area contributed by atoms with E-state index in [1.54, 1.807) is 13.2 Å². The van der Waals surface area contributed by atoms with E-state index in [2.05, 4.69) is 30.8 Å². The van der Waals surface area contributed by atoms with Crippen LogP contribution in [-0.2, 0) is 17.8 Å². The van der Waals surface area contributed by atoms with E-state index in [0.29, 0.717) is 12.2 Å². The third-order valence-electron chi connectivity index (χ3n) is 3.48. The number of anilines is 1. The Morgan fingerprint density at radius 1 is 1.28 bits per heavy atom. The average molecular weight is 344 g/mol. The Morgan fingerprint density at radius 3 is 2.72 bits per heavy atom. The molecule has 0 saturated heterocycles. The van der Waals surface area contributed by atoms with Crippen molar-refractivity contribution < 1.29 is 9.53 Å². The van der Waals surface area contributed by atoms with Gasteiger partial charge in [0.2, 0.25) is 0 Å². The minimum Gasteiger partial charge on any atom is -0.453 e. The van der Waals surface area contributed by atoms with Gasteiger partial charge in [0.1, 0.15) is 0 Å². The first-order valence-electron chi connectivity index (χ1n) is 8.07. The fourth-order valence-corrected chi connectivity index (χ4v) is 2.16. The molecule has 0 radical (unpaired) electrons. The standard InChI is InChI=1S/C17H24N6O2/c1-18-16(19-9-3-11-23-12-4-10-21-23)20-13-14-5-7-15(8-6-14)22-17(24)25-2/h4-8,10,12H,3,9,11,13H2,1-2H3,(H,22,24)(H2,18,19,20).